The molecule has 0 radical (unpaired) electrons. The lowest BCUT2D eigenvalue weighted by Gasteiger charge is -2.13. The monoisotopic (exact) mass is 389 g/mol. The van der Waals surface area contributed by atoms with E-state index in [2.05, 4.69) is 24.7 Å². The van der Waals surface area contributed by atoms with E-state index in [1.165, 1.54) is 19.2 Å². The van der Waals surface area contributed by atoms with Crippen molar-refractivity contribution < 1.29 is 4.74 Å². The van der Waals surface area contributed by atoms with Gasteiger partial charge in [-0.1, -0.05) is 43.2 Å². The summed E-state index contributed by atoms with van der Waals surface area (Å²) < 4.78 is 10.0. The maximum Gasteiger partial charge on any atom is 0.236 e. The third kappa shape index (κ3) is 3.14. The third-order valence-corrected chi connectivity index (χ3v) is 5.64. The normalized spacial score (nSPS) is 14.7. The van der Waals surface area contributed by atoms with Crippen LogP contribution in [-0.4, -0.2) is 34.3 Å². The van der Waals surface area contributed by atoms with E-state index in [-0.39, 0.29) is 0 Å². The van der Waals surface area contributed by atoms with Crippen molar-refractivity contribution in [1.29, 1.82) is 0 Å². The molecule has 1 fully saturated rings. The first-order chi connectivity index (χ1) is 14.2. The lowest BCUT2D eigenvalue weighted by molar-refractivity contribution is 0.275. The van der Waals surface area contributed by atoms with Crippen molar-refractivity contribution >= 4 is 5.65 Å². The second-order valence-electron chi connectivity index (χ2n) is 7.49. The minimum Gasteiger partial charge on any atom is -0.468 e. The number of imidazole rings is 1. The van der Waals surface area contributed by atoms with E-state index < -0.39 is 0 Å². The van der Waals surface area contributed by atoms with E-state index in [1.54, 1.807) is 4.68 Å². The number of aryl methyl sites for hydroxylation is 2. The Labute approximate surface area is 168 Å². The highest BCUT2D eigenvalue weighted by molar-refractivity contribution is 5.74. The van der Waals surface area contributed by atoms with E-state index in [0.717, 1.165) is 47.1 Å². The van der Waals surface area contributed by atoms with E-state index in [9.17, 15) is 0 Å². The van der Waals surface area contributed by atoms with Crippen molar-refractivity contribution in [2.75, 3.05) is 0 Å². The topological polar surface area (TPSA) is 83.0 Å². The van der Waals surface area contributed by atoms with Crippen LogP contribution in [0.5, 0.6) is 5.88 Å². The van der Waals surface area contributed by atoms with E-state index in [0.29, 0.717) is 18.4 Å². The first-order valence-corrected chi connectivity index (χ1v) is 9.99. The molecular weight excluding hydrogens is 366 g/mol. The molecule has 8 heteroatoms. The average Bonchev–Trinajstić information content (AvgIpc) is 3.47. The minimum atomic E-state index is 0.320. The maximum absolute atomic E-state index is 6.19. The van der Waals surface area contributed by atoms with Crippen LogP contribution in [0.25, 0.3) is 16.9 Å². The van der Waals surface area contributed by atoms with Gasteiger partial charge in [-0.3, -0.25) is 9.08 Å². The summed E-state index contributed by atoms with van der Waals surface area (Å²) in [5, 5.41) is 13.0. The highest BCUT2D eigenvalue weighted by Gasteiger charge is 2.28. The standard InChI is InChI=1S/C21H23N7O/c1-14-25-26-18(15-8-4-3-5-9-15)20-24-21(29-12-17-22-13-23-27(17)2)19(28(14)20)16-10-6-7-11-16/h3-5,8-9,13,16H,6-7,10-12H2,1-2H3. The summed E-state index contributed by atoms with van der Waals surface area (Å²) in [5.74, 6) is 2.64. The molecule has 4 aromatic rings. The largest absolute Gasteiger partial charge is 0.468 e. The zero-order chi connectivity index (χ0) is 19.8. The lowest BCUT2D eigenvalue weighted by atomic mass is 10.0. The van der Waals surface area contributed by atoms with Gasteiger partial charge in [0, 0.05) is 18.5 Å². The molecule has 5 rings (SSSR count). The number of fused-ring (bicyclic) bond motifs is 1. The predicted molar refractivity (Wildman–Crippen MR) is 107 cm³/mol. The summed E-state index contributed by atoms with van der Waals surface area (Å²) in [4.78, 5) is 9.17. The summed E-state index contributed by atoms with van der Waals surface area (Å²) in [6.45, 7) is 2.29. The molecule has 0 N–H and O–H groups in total. The molecule has 8 nitrogen and oxygen atoms in total. The third-order valence-electron chi connectivity index (χ3n) is 5.64. The number of rotatable bonds is 5. The number of aromatic nitrogens is 7. The van der Waals surface area contributed by atoms with Crippen LogP contribution in [0.4, 0.5) is 0 Å². The van der Waals surface area contributed by atoms with Gasteiger partial charge in [-0.2, -0.15) is 10.1 Å². The highest BCUT2D eigenvalue weighted by atomic mass is 16.5. The minimum absolute atomic E-state index is 0.320. The van der Waals surface area contributed by atoms with Gasteiger partial charge >= 0.3 is 0 Å². The molecule has 0 aliphatic heterocycles. The van der Waals surface area contributed by atoms with Crippen LogP contribution in [0.1, 0.15) is 48.9 Å². The SMILES string of the molecule is Cc1nnc(-c2ccccc2)c2nc(OCc3ncnn3C)c(C3CCCC3)n12. The highest BCUT2D eigenvalue weighted by Crippen LogP contribution is 2.40. The predicted octanol–water partition coefficient (Wildman–Crippen LogP) is 3.46. The zero-order valence-corrected chi connectivity index (χ0v) is 16.6. The van der Waals surface area contributed by atoms with Gasteiger partial charge in [0.25, 0.3) is 0 Å². The van der Waals surface area contributed by atoms with Crippen molar-refractivity contribution in [3.63, 3.8) is 0 Å². The summed E-state index contributed by atoms with van der Waals surface area (Å²) in [7, 11) is 1.86. The molecule has 3 heterocycles. The molecule has 0 bridgehead atoms. The fourth-order valence-electron chi connectivity index (χ4n) is 4.14. The van der Waals surface area contributed by atoms with Crippen molar-refractivity contribution in [3.05, 3.63) is 54.0 Å². The molecule has 1 saturated carbocycles. The first kappa shape index (κ1) is 17.8. The molecule has 1 aromatic carbocycles. The molecule has 1 aliphatic rings. The van der Waals surface area contributed by atoms with Gasteiger partial charge in [-0.15, -0.1) is 10.2 Å². The molecular formula is C21H23N7O. The molecule has 0 saturated heterocycles. The first-order valence-electron chi connectivity index (χ1n) is 9.99. The Hall–Kier alpha value is -3.29. The van der Waals surface area contributed by atoms with Gasteiger partial charge in [-0.05, 0) is 19.8 Å². The number of nitrogens with zero attached hydrogens (tertiary/aromatic N) is 7. The van der Waals surface area contributed by atoms with Crippen LogP contribution < -0.4 is 4.74 Å². The van der Waals surface area contributed by atoms with Gasteiger partial charge in [0.1, 0.15) is 24.5 Å². The average molecular weight is 389 g/mol. The number of hydrogen-bond donors (Lipinski definition) is 0. The Kier molecular flexibility index (Phi) is 4.46. The van der Waals surface area contributed by atoms with Crippen LogP contribution in [0.3, 0.4) is 0 Å². The Morgan fingerprint density at radius 3 is 2.62 bits per heavy atom. The maximum atomic E-state index is 6.19. The molecule has 1 aliphatic carbocycles. The van der Waals surface area contributed by atoms with Crippen LogP contribution >= 0.6 is 0 Å². The number of ether oxygens (including phenoxy) is 1. The Balaban J connectivity index is 1.65. The van der Waals surface area contributed by atoms with E-state index >= 15 is 0 Å². The van der Waals surface area contributed by atoms with Crippen molar-refractivity contribution in [3.8, 4) is 17.1 Å². The van der Waals surface area contributed by atoms with E-state index in [4.69, 9.17) is 9.72 Å². The second kappa shape index (κ2) is 7.27. The molecule has 29 heavy (non-hydrogen) atoms. The van der Waals surface area contributed by atoms with Crippen LogP contribution in [-0.2, 0) is 13.7 Å². The van der Waals surface area contributed by atoms with Gasteiger partial charge in [0.2, 0.25) is 5.88 Å². The van der Waals surface area contributed by atoms with E-state index in [1.807, 2.05) is 44.3 Å². The van der Waals surface area contributed by atoms with Gasteiger partial charge < -0.3 is 4.74 Å². The van der Waals surface area contributed by atoms with Crippen LogP contribution in [0.2, 0.25) is 0 Å². The molecule has 0 amide bonds. The van der Waals surface area contributed by atoms with Crippen LogP contribution in [0, 0.1) is 6.92 Å². The summed E-state index contributed by atoms with van der Waals surface area (Å²) >= 11 is 0. The number of benzene rings is 1. The van der Waals surface area contributed by atoms with Gasteiger partial charge in [0.15, 0.2) is 11.5 Å². The number of hydrogen-bond acceptors (Lipinski definition) is 6. The Morgan fingerprint density at radius 2 is 1.90 bits per heavy atom. The molecule has 0 unspecified atom stereocenters. The van der Waals surface area contributed by atoms with Crippen molar-refractivity contribution in [2.24, 2.45) is 7.05 Å². The fourth-order valence-corrected chi connectivity index (χ4v) is 4.14. The van der Waals surface area contributed by atoms with Crippen molar-refractivity contribution in [1.82, 2.24) is 34.3 Å². The molecule has 3 aromatic heterocycles. The van der Waals surface area contributed by atoms with Crippen LogP contribution in [0.15, 0.2) is 36.7 Å². The summed E-state index contributed by atoms with van der Waals surface area (Å²) in [6.07, 6.45) is 6.26. The molecule has 148 valence electrons. The summed E-state index contributed by atoms with van der Waals surface area (Å²) in [5.41, 5.74) is 3.65. The summed E-state index contributed by atoms with van der Waals surface area (Å²) in [6, 6.07) is 10.1. The Morgan fingerprint density at radius 1 is 1.10 bits per heavy atom. The quantitative estimate of drug-likeness (QED) is 0.520. The zero-order valence-electron chi connectivity index (χ0n) is 16.6. The van der Waals surface area contributed by atoms with Gasteiger partial charge in [0.05, 0.1) is 5.69 Å². The molecule has 0 atom stereocenters. The molecule has 0 spiro atoms. The Bertz CT molecular complexity index is 1140. The van der Waals surface area contributed by atoms with Crippen molar-refractivity contribution in [2.45, 2.75) is 45.1 Å². The van der Waals surface area contributed by atoms with Gasteiger partial charge in [-0.25, -0.2) is 4.98 Å². The fraction of sp³-hybridized carbons (Fsp3) is 0.381. The lowest BCUT2D eigenvalue weighted by Crippen LogP contribution is -2.09. The second-order valence-corrected chi connectivity index (χ2v) is 7.49. The smallest absolute Gasteiger partial charge is 0.236 e.